The number of aromatic nitrogens is 2. The van der Waals surface area contributed by atoms with Crippen molar-refractivity contribution in [2.24, 2.45) is 0 Å². The summed E-state index contributed by atoms with van der Waals surface area (Å²) in [5.41, 5.74) is 6.58. The van der Waals surface area contributed by atoms with Crippen LogP contribution in [0.2, 0.25) is 0 Å². The molecule has 0 bridgehead atoms. The Morgan fingerprint density at radius 2 is 2.08 bits per heavy atom. The maximum absolute atomic E-state index is 6.87. The molecule has 1 aromatic rings. The highest BCUT2D eigenvalue weighted by atomic mass is 14.9. The van der Waals surface area contributed by atoms with Crippen LogP contribution >= 0.6 is 0 Å². The summed E-state index contributed by atoms with van der Waals surface area (Å²) in [6, 6.07) is 0. The van der Waals surface area contributed by atoms with E-state index in [1.54, 1.807) is 13.1 Å². The van der Waals surface area contributed by atoms with Gasteiger partial charge >= 0.3 is 0 Å². The first kappa shape index (κ1) is 10.6. The number of nitrogen functional groups attached to an aromatic ring is 1. The molecule has 0 radical (unpaired) electrons. The van der Waals surface area contributed by atoms with Gasteiger partial charge in [0.15, 0.2) is 5.82 Å². The summed E-state index contributed by atoms with van der Waals surface area (Å²) in [5, 5.41) is 6.87. The van der Waals surface area contributed by atoms with Crippen molar-refractivity contribution in [1.29, 1.82) is 5.41 Å². The summed E-state index contributed by atoms with van der Waals surface area (Å²) in [7, 11) is 0. The SMILES string of the molecule is CC.Cc1cnc(N)c(C=N)n1. The minimum absolute atomic E-state index is 0.306. The Kier molecular flexibility index (Phi) is 4.60. The molecule has 66 valence electrons. The second-order valence-corrected chi connectivity index (χ2v) is 1.93. The van der Waals surface area contributed by atoms with E-state index in [1.165, 1.54) is 0 Å². The van der Waals surface area contributed by atoms with E-state index in [9.17, 15) is 0 Å². The van der Waals surface area contributed by atoms with Gasteiger partial charge in [-0.3, -0.25) is 0 Å². The highest BCUT2D eigenvalue weighted by Crippen LogP contribution is 2.00. The maximum Gasteiger partial charge on any atom is 0.150 e. The molecule has 0 amide bonds. The topological polar surface area (TPSA) is 75.7 Å². The average molecular weight is 166 g/mol. The predicted octanol–water partition coefficient (Wildman–Crippen LogP) is 1.39. The Labute approximate surface area is 72.4 Å². The van der Waals surface area contributed by atoms with Crippen LogP contribution in [0.15, 0.2) is 6.20 Å². The van der Waals surface area contributed by atoms with Gasteiger partial charge in [-0.05, 0) is 6.92 Å². The zero-order valence-corrected chi connectivity index (χ0v) is 7.63. The van der Waals surface area contributed by atoms with Crippen LogP contribution in [0.5, 0.6) is 0 Å². The Hall–Kier alpha value is -1.45. The lowest BCUT2D eigenvalue weighted by Crippen LogP contribution is -2.00. The summed E-state index contributed by atoms with van der Waals surface area (Å²) in [5.74, 6) is 0.306. The van der Waals surface area contributed by atoms with Gasteiger partial charge in [0.05, 0.1) is 11.9 Å². The van der Waals surface area contributed by atoms with E-state index in [0.717, 1.165) is 11.9 Å². The third kappa shape index (κ3) is 2.65. The van der Waals surface area contributed by atoms with Gasteiger partial charge in [0, 0.05) is 6.21 Å². The summed E-state index contributed by atoms with van der Waals surface area (Å²) in [6.45, 7) is 5.80. The maximum atomic E-state index is 6.87. The molecule has 1 heterocycles. The molecule has 12 heavy (non-hydrogen) atoms. The number of hydrogen-bond acceptors (Lipinski definition) is 4. The van der Waals surface area contributed by atoms with Gasteiger partial charge in [-0.1, -0.05) is 13.8 Å². The zero-order chi connectivity index (χ0) is 9.56. The number of hydrogen-bond donors (Lipinski definition) is 2. The molecular weight excluding hydrogens is 152 g/mol. The van der Waals surface area contributed by atoms with Gasteiger partial charge in [-0.15, -0.1) is 0 Å². The summed E-state index contributed by atoms with van der Waals surface area (Å²) < 4.78 is 0. The van der Waals surface area contributed by atoms with Crippen molar-refractivity contribution in [1.82, 2.24) is 9.97 Å². The number of nitrogens with zero attached hydrogens (tertiary/aromatic N) is 2. The Morgan fingerprint density at radius 3 is 2.50 bits per heavy atom. The lowest BCUT2D eigenvalue weighted by Gasteiger charge is -1.96. The number of aryl methyl sites for hydroxylation is 1. The quantitative estimate of drug-likeness (QED) is 0.619. The fourth-order valence-corrected chi connectivity index (χ4v) is 0.611. The Morgan fingerprint density at radius 1 is 1.50 bits per heavy atom. The van der Waals surface area contributed by atoms with Gasteiger partial charge in [0.1, 0.15) is 5.69 Å². The minimum Gasteiger partial charge on any atom is -0.382 e. The van der Waals surface area contributed by atoms with Crippen LogP contribution in [0, 0.1) is 12.3 Å². The number of anilines is 1. The molecule has 0 saturated heterocycles. The molecule has 0 aliphatic carbocycles. The number of nitrogens with one attached hydrogen (secondary N) is 1. The van der Waals surface area contributed by atoms with E-state index in [0.29, 0.717) is 11.5 Å². The Balaban J connectivity index is 0.000000561. The van der Waals surface area contributed by atoms with E-state index in [4.69, 9.17) is 11.1 Å². The molecule has 1 rings (SSSR count). The molecule has 0 aromatic carbocycles. The van der Waals surface area contributed by atoms with Crippen LogP contribution in [0.1, 0.15) is 25.2 Å². The largest absolute Gasteiger partial charge is 0.382 e. The molecule has 0 saturated carbocycles. The summed E-state index contributed by atoms with van der Waals surface area (Å²) in [6.07, 6.45) is 2.66. The van der Waals surface area contributed by atoms with E-state index < -0.39 is 0 Å². The molecule has 0 unspecified atom stereocenters. The van der Waals surface area contributed by atoms with Crippen molar-refractivity contribution < 1.29 is 0 Å². The normalized spacial score (nSPS) is 8.25. The molecule has 0 aliphatic heterocycles. The van der Waals surface area contributed by atoms with Gasteiger partial charge in [0.25, 0.3) is 0 Å². The molecule has 4 heteroatoms. The fraction of sp³-hybridized carbons (Fsp3) is 0.375. The van der Waals surface area contributed by atoms with Gasteiger partial charge in [-0.25, -0.2) is 9.97 Å². The van der Waals surface area contributed by atoms with Crippen LogP contribution in [0.4, 0.5) is 5.82 Å². The molecule has 0 atom stereocenters. The molecule has 1 aromatic heterocycles. The molecular formula is C8H14N4. The third-order valence-corrected chi connectivity index (χ3v) is 1.09. The standard InChI is InChI=1S/C6H8N4.C2H6/c1-4-3-9-6(8)5(2-7)10-4;1-2/h2-3,7H,1H3,(H2,8,9);1-2H3. The second kappa shape index (κ2) is 5.23. The number of nitrogens with two attached hydrogens (primary N) is 1. The fourth-order valence-electron chi connectivity index (χ4n) is 0.611. The van der Waals surface area contributed by atoms with Gasteiger partial charge in [-0.2, -0.15) is 0 Å². The molecule has 0 aliphatic rings. The van der Waals surface area contributed by atoms with Crippen LogP contribution in [0.3, 0.4) is 0 Å². The highest BCUT2D eigenvalue weighted by molar-refractivity contribution is 5.80. The second-order valence-electron chi connectivity index (χ2n) is 1.93. The molecule has 0 fully saturated rings. The van der Waals surface area contributed by atoms with Crippen LogP contribution in [0.25, 0.3) is 0 Å². The molecule has 0 spiro atoms. The highest BCUT2D eigenvalue weighted by Gasteiger charge is 1.96. The van der Waals surface area contributed by atoms with Crippen molar-refractivity contribution in [2.45, 2.75) is 20.8 Å². The van der Waals surface area contributed by atoms with E-state index >= 15 is 0 Å². The van der Waals surface area contributed by atoms with Crippen molar-refractivity contribution in [3.63, 3.8) is 0 Å². The molecule has 3 N–H and O–H groups in total. The van der Waals surface area contributed by atoms with E-state index in [2.05, 4.69) is 9.97 Å². The monoisotopic (exact) mass is 166 g/mol. The first-order valence-corrected chi connectivity index (χ1v) is 3.83. The van der Waals surface area contributed by atoms with Crippen molar-refractivity contribution in [2.75, 3.05) is 5.73 Å². The van der Waals surface area contributed by atoms with Gasteiger partial charge < -0.3 is 11.1 Å². The predicted molar refractivity (Wildman–Crippen MR) is 50.4 cm³/mol. The lowest BCUT2D eigenvalue weighted by molar-refractivity contribution is 1.11. The number of rotatable bonds is 1. The smallest absolute Gasteiger partial charge is 0.150 e. The Bertz CT molecular complexity index is 257. The van der Waals surface area contributed by atoms with Crippen molar-refractivity contribution in [3.05, 3.63) is 17.6 Å². The van der Waals surface area contributed by atoms with E-state index in [-0.39, 0.29) is 0 Å². The summed E-state index contributed by atoms with van der Waals surface area (Å²) >= 11 is 0. The van der Waals surface area contributed by atoms with Crippen molar-refractivity contribution >= 4 is 12.0 Å². The van der Waals surface area contributed by atoms with Crippen LogP contribution in [-0.4, -0.2) is 16.2 Å². The molecule has 4 nitrogen and oxygen atoms in total. The van der Waals surface area contributed by atoms with Crippen LogP contribution < -0.4 is 5.73 Å². The first-order valence-electron chi connectivity index (χ1n) is 3.83. The minimum atomic E-state index is 0.306. The third-order valence-electron chi connectivity index (χ3n) is 1.09. The zero-order valence-electron chi connectivity index (χ0n) is 7.63. The van der Waals surface area contributed by atoms with Crippen molar-refractivity contribution in [3.8, 4) is 0 Å². The summed E-state index contributed by atoms with van der Waals surface area (Å²) in [4.78, 5) is 7.77. The lowest BCUT2D eigenvalue weighted by atomic mass is 10.4. The van der Waals surface area contributed by atoms with Gasteiger partial charge in [0.2, 0.25) is 0 Å². The first-order chi connectivity index (χ1) is 5.74. The van der Waals surface area contributed by atoms with E-state index in [1.807, 2.05) is 13.8 Å². The van der Waals surface area contributed by atoms with Crippen LogP contribution in [-0.2, 0) is 0 Å². The average Bonchev–Trinajstić information content (AvgIpc) is 2.13.